The van der Waals surface area contributed by atoms with Crippen LogP contribution in [0.4, 0.5) is 0 Å². The van der Waals surface area contributed by atoms with E-state index >= 15 is 0 Å². The first-order valence-corrected chi connectivity index (χ1v) is 14.1. The van der Waals surface area contributed by atoms with E-state index in [2.05, 4.69) is 19.7 Å². The number of carbonyl (C=O) groups excluding carboxylic acids is 1. The van der Waals surface area contributed by atoms with Gasteiger partial charge in [-0.1, -0.05) is 106 Å². The number of benzene rings is 2. The Morgan fingerprint density at radius 3 is 1.90 bits per heavy atom. The van der Waals surface area contributed by atoms with E-state index in [1.807, 2.05) is 0 Å². The highest BCUT2D eigenvalue weighted by molar-refractivity contribution is 7.86. The zero-order chi connectivity index (χ0) is 28.8. The van der Waals surface area contributed by atoms with Gasteiger partial charge in [0.2, 0.25) is 7.59 Å². The van der Waals surface area contributed by atoms with Crippen molar-refractivity contribution in [2.75, 3.05) is 0 Å². The number of ketones is 1. The van der Waals surface area contributed by atoms with Crippen molar-refractivity contribution in [1.29, 1.82) is 0 Å². The second-order valence-electron chi connectivity index (χ2n) is 7.82. The maximum Gasteiger partial charge on any atom is 0.362 e. The van der Waals surface area contributed by atoms with Crippen LogP contribution in [0.5, 0.6) is 0 Å². The number of carbonyl (C=O) groups is 1. The summed E-state index contributed by atoms with van der Waals surface area (Å²) in [6.07, 6.45) is 5.48. The lowest BCUT2D eigenvalue weighted by molar-refractivity contribution is -0.00436. The van der Waals surface area contributed by atoms with Crippen molar-refractivity contribution >= 4 is 109 Å². The van der Waals surface area contributed by atoms with Gasteiger partial charge in [-0.3, -0.25) is 9.35 Å². The lowest BCUT2D eigenvalue weighted by Gasteiger charge is -2.15. The summed E-state index contributed by atoms with van der Waals surface area (Å²) < 4.78 is 30.6. The average Bonchev–Trinajstić information content (AvgIpc) is 2.85. The van der Waals surface area contributed by atoms with E-state index < -0.39 is 28.4 Å². The number of hydrogen-bond acceptors (Lipinski definition) is 6. The molecule has 39 heavy (non-hydrogen) atoms. The maximum atomic E-state index is 12.5. The van der Waals surface area contributed by atoms with Gasteiger partial charge in [-0.05, 0) is 29.3 Å². The lowest BCUT2D eigenvalue weighted by atomic mass is 9.91. The van der Waals surface area contributed by atoms with Crippen LogP contribution in [0.3, 0.4) is 0 Å². The van der Waals surface area contributed by atoms with Crippen LogP contribution in [-0.2, 0) is 17.7 Å². The minimum atomic E-state index is -4.77. The molecule has 9 nitrogen and oxygen atoms in total. The van der Waals surface area contributed by atoms with Gasteiger partial charge in [-0.25, -0.2) is 15.0 Å². The summed E-state index contributed by atoms with van der Waals surface area (Å²) in [6, 6.07) is 9.23. The Labute approximate surface area is 251 Å². The average molecular weight is 666 g/mol. The van der Waals surface area contributed by atoms with Gasteiger partial charge in [0.05, 0.1) is 0 Å². The summed E-state index contributed by atoms with van der Waals surface area (Å²) in [5.74, 6) is -1.17. The molecule has 3 aromatic rings. The van der Waals surface area contributed by atoms with Crippen LogP contribution in [0, 0.1) is 0 Å². The Balaban J connectivity index is 1.73. The summed E-state index contributed by atoms with van der Waals surface area (Å²) in [7, 11) is -4.77. The molecule has 1 heterocycles. The van der Waals surface area contributed by atoms with Crippen LogP contribution < -0.4 is 0 Å². The van der Waals surface area contributed by atoms with Crippen LogP contribution in [0.2, 0.25) is 0 Å². The summed E-state index contributed by atoms with van der Waals surface area (Å²) in [4.78, 5) is 26.9. The molecule has 4 rings (SSSR count). The fourth-order valence-corrected chi connectivity index (χ4v) is 5.01. The second kappa shape index (κ2) is 10.9. The number of hydrogen-bond donors (Lipinski definition) is 1. The Bertz CT molecular complexity index is 1690. The molecule has 1 aliphatic rings. The van der Waals surface area contributed by atoms with Gasteiger partial charge < -0.3 is 5.53 Å². The Hall–Kier alpha value is -2.37. The second-order valence-corrected chi connectivity index (χ2v) is 13.7. The normalized spacial score (nSPS) is 14.0. The zero-order valence-electron chi connectivity index (χ0n) is 18.9. The topological polar surface area (TPSA) is 147 Å². The highest BCUT2D eigenvalue weighted by atomic mass is 35.6. The molecule has 200 valence electrons. The van der Waals surface area contributed by atoms with Gasteiger partial charge in [0.15, 0.2) is 17.5 Å². The molecular weight excluding hydrogens is 655 g/mol. The van der Waals surface area contributed by atoms with E-state index in [4.69, 9.17) is 75.1 Å². The molecule has 0 saturated heterocycles. The van der Waals surface area contributed by atoms with Crippen LogP contribution in [0.1, 0.15) is 39.0 Å². The summed E-state index contributed by atoms with van der Waals surface area (Å²) in [5, 5.41) is 0. The Morgan fingerprint density at radius 1 is 0.821 bits per heavy atom. The van der Waals surface area contributed by atoms with Crippen LogP contribution in [0.25, 0.3) is 34.9 Å². The molecule has 1 aromatic heterocycles. The molecule has 2 aromatic carbocycles. The third kappa shape index (κ3) is 6.52. The highest BCUT2D eigenvalue weighted by Gasteiger charge is 2.34. The van der Waals surface area contributed by atoms with E-state index in [9.17, 15) is 17.8 Å². The molecule has 0 amide bonds. The largest absolute Gasteiger partial charge is 0.362 e. The van der Waals surface area contributed by atoms with Gasteiger partial charge in [0.1, 0.15) is 4.90 Å². The smallest absolute Gasteiger partial charge is 0.361 e. The predicted octanol–water partition coefficient (Wildman–Crippen LogP) is 6.49. The van der Waals surface area contributed by atoms with Gasteiger partial charge in [0, 0.05) is 22.8 Å². The predicted molar refractivity (Wildman–Crippen MR) is 151 cm³/mol. The molecule has 0 saturated carbocycles. The van der Waals surface area contributed by atoms with Gasteiger partial charge in [-0.2, -0.15) is 13.2 Å². The molecule has 0 fully saturated rings. The number of nitrogens with zero attached hydrogens (tertiary/aromatic N) is 5. The lowest BCUT2D eigenvalue weighted by Crippen LogP contribution is -2.20. The standard InChI is InChI=1S/C23H11Cl6N5O4S/c24-22(25,26)20-31-17(32-21(33-20)23(27,28)29)10-3-11-1-4-12(5-2-11)13-6-7-14-15(19(13)39(36,37)38)8-9-16(34-30)18(14)35/h1-10H,(H,36,37,38). The first kappa shape index (κ1) is 29.6. The number of alkyl halides is 6. The zero-order valence-corrected chi connectivity index (χ0v) is 24.2. The number of halogens is 6. The van der Waals surface area contributed by atoms with Crippen molar-refractivity contribution in [3.05, 3.63) is 82.2 Å². The summed E-state index contributed by atoms with van der Waals surface area (Å²) >= 11 is 35.3. The molecule has 1 aliphatic carbocycles. The van der Waals surface area contributed by atoms with E-state index in [0.29, 0.717) is 11.1 Å². The summed E-state index contributed by atoms with van der Waals surface area (Å²) in [5.41, 5.74) is 9.83. The minimum absolute atomic E-state index is 0.0271. The van der Waals surface area contributed by atoms with E-state index in [1.54, 1.807) is 30.3 Å². The molecule has 0 spiro atoms. The quantitative estimate of drug-likeness (QED) is 0.145. The van der Waals surface area contributed by atoms with Crippen molar-refractivity contribution in [2.24, 2.45) is 0 Å². The van der Waals surface area contributed by atoms with Crippen LogP contribution >= 0.6 is 69.6 Å². The SMILES string of the molecule is [N-]=[N+]=C1C=Cc2c(ccc(-c3ccc(C=Cc4nc(C(Cl)(Cl)Cl)nc(C(Cl)(Cl)Cl)n4)cc3)c2S(=O)(=O)O)C1=O. The molecule has 16 heteroatoms. The molecular formula is C23H11Cl6N5O4S. The van der Waals surface area contributed by atoms with Crippen molar-refractivity contribution in [3.8, 4) is 11.1 Å². The molecule has 0 radical (unpaired) electrons. The Morgan fingerprint density at radius 2 is 1.38 bits per heavy atom. The third-order valence-corrected chi connectivity index (χ3v) is 7.22. The van der Waals surface area contributed by atoms with Crippen LogP contribution in [-0.4, -0.2) is 44.2 Å². The number of aromatic nitrogens is 3. The first-order chi connectivity index (χ1) is 18.1. The minimum Gasteiger partial charge on any atom is -0.361 e. The molecule has 0 unspecified atom stereocenters. The fourth-order valence-electron chi connectivity index (χ4n) is 3.59. The molecule has 0 atom stereocenters. The van der Waals surface area contributed by atoms with Crippen molar-refractivity contribution in [1.82, 2.24) is 15.0 Å². The van der Waals surface area contributed by atoms with Crippen LogP contribution in [0.15, 0.2) is 47.4 Å². The number of rotatable bonds is 4. The van der Waals surface area contributed by atoms with Gasteiger partial charge >= 0.3 is 5.71 Å². The number of allylic oxidation sites excluding steroid dienone is 1. The highest BCUT2D eigenvalue weighted by Crippen LogP contribution is 2.40. The third-order valence-electron chi connectivity index (χ3n) is 5.25. The number of Topliss-reactive ketones (excluding diaryl/α,β-unsaturated/α-hetero) is 1. The maximum absolute atomic E-state index is 12.5. The first-order valence-electron chi connectivity index (χ1n) is 10.4. The van der Waals surface area contributed by atoms with Gasteiger partial charge in [-0.15, -0.1) is 0 Å². The van der Waals surface area contributed by atoms with E-state index in [0.717, 1.165) is 6.08 Å². The monoisotopic (exact) mass is 663 g/mol. The number of fused-ring (bicyclic) bond motifs is 1. The van der Waals surface area contributed by atoms with E-state index in [-0.39, 0.29) is 39.9 Å². The van der Waals surface area contributed by atoms with Gasteiger partial charge in [0.25, 0.3) is 15.9 Å². The Kier molecular flexibility index (Phi) is 8.27. The van der Waals surface area contributed by atoms with Crippen molar-refractivity contribution in [2.45, 2.75) is 12.5 Å². The molecule has 1 N–H and O–H groups in total. The van der Waals surface area contributed by atoms with Crippen molar-refractivity contribution < 1.29 is 22.6 Å². The molecule has 0 aliphatic heterocycles. The van der Waals surface area contributed by atoms with Crippen molar-refractivity contribution in [3.63, 3.8) is 0 Å². The fraction of sp³-hybridized carbons (Fsp3) is 0.0870. The summed E-state index contributed by atoms with van der Waals surface area (Å²) in [6.45, 7) is 0. The molecule has 0 bridgehead atoms. The van der Waals surface area contributed by atoms with E-state index in [1.165, 1.54) is 24.3 Å².